The molecule has 1 fully saturated rings. The molecule has 1 saturated carbocycles. The Bertz CT molecular complexity index is 1380. The molecule has 5 N–H and O–H groups in total. The lowest BCUT2D eigenvalue weighted by molar-refractivity contribution is 0.00446. The van der Waals surface area contributed by atoms with Gasteiger partial charge in [-0.3, -0.25) is 4.98 Å². The highest BCUT2D eigenvalue weighted by atomic mass is 16.3. The van der Waals surface area contributed by atoms with E-state index in [1.54, 1.807) is 12.4 Å². The van der Waals surface area contributed by atoms with Gasteiger partial charge in [0, 0.05) is 41.7 Å². The van der Waals surface area contributed by atoms with Crippen molar-refractivity contribution in [3.8, 4) is 11.3 Å². The molecular formula is C28H32N6O3. The van der Waals surface area contributed by atoms with Gasteiger partial charge in [0.05, 0.1) is 28.9 Å². The van der Waals surface area contributed by atoms with Crippen molar-refractivity contribution in [2.75, 3.05) is 17.2 Å². The maximum absolute atomic E-state index is 10.6. The Hall–Kier alpha value is -3.66. The molecule has 37 heavy (non-hydrogen) atoms. The SMILES string of the molecule is CC(C)Cc1cc(Nc2ncc(-c3ccc4ccccc4n3)c(NC3CC(CO)C(O)C3O)n2)ccn1. The fraction of sp³-hybridized carbons (Fsp3) is 0.357. The Kier molecular flexibility index (Phi) is 7.27. The van der Waals surface area contributed by atoms with E-state index in [0.717, 1.165) is 28.7 Å². The standard InChI is InChI=1S/C28H32N6O3/c1-16(2)11-20-13-19(9-10-29-20)31-28-30-14-21(23-8-7-17-5-3-4-6-22(17)32-23)27(34-28)33-24-12-18(15-35)25(36)26(24)37/h3-10,13-14,16,18,24-26,35-37H,11-12,15H2,1-2H3,(H2,29,30,31,33,34). The third-order valence-electron chi connectivity index (χ3n) is 6.71. The van der Waals surface area contributed by atoms with Crippen LogP contribution in [0.5, 0.6) is 0 Å². The molecule has 0 saturated heterocycles. The summed E-state index contributed by atoms with van der Waals surface area (Å²) in [5.74, 6) is 0.928. The van der Waals surface area contributed by atoms with Crippen molar-refractivity contribution in [3.05, 3.63) is 66.6 Å². The monoisotopic (exact) mass is 500 g/mol. The molecule has 4 aromatic rings. The van der Waals surface area contributed by atoms with Crippen LogP contribution in [0.2, 0.25) is 0 Å². The van der Waals surface area contributed by atoms with Crippen molar-refractivity contribution in [1.29, 1.82) is 0 Å². The quantitative estimate of drug-likeness (QED) is 0.246. The lowest BCUT2D eigenvalue weighted by Crippen LogP contribution is -2.35. The number of pyridine rings is 2. The van der Waals surface area contributed by atoms with E-state index in [4.69, 9.17) is 9.97 Å². The van der Waals surface area contributed by atoms with Gasteiger partial charge in [0.2, 0.25) is 5.95 Å². The van der Waals surface area contributed by atoms with E-state index in [1.807, 2.05) is 48.5 Å². The molecule has 9 nitrogen and oxygen atoms in total. The first-order valence-corrected chi connectivity index (χ1v) is 12.6. The van der Waals surface area contributed by atoms with Crippen molar-refractivity contribution < 1.29 is 15.3 Å². The van der Waals surface area contributed by atoms with E-state index in [-0.39, 0.29) is 6.61 Å². The fourth-order valence-electron chi connectivity index (χ4n) is 4.79. The van der Waals surface area contributed by atoms with Gasteiger partial charge < -0.3 is 26.0 Å². The van der Waals surface area contributed by atoms with Gasteiger partial charge in [0.15, 0.2) is 0 Å². The molecule has 4 atom stereocenters. The number of rotatable bonds is 8. The van der Waals surface area contributed by atoms with E-state index < -0.39 is 24.2 Å². The second-order valence-corrected chi connectivity index (χ2v) is 10.0. The van der Waals surface area contributed by atoms with Crippen molar-refractivity contribution >= 4 is 28.4 Å². The first-order chi connectivity index (χ1) is 17.9. The van der Waals surface area contributed by atoms with Crippen LogP contribution >= 0.6 is 0 Å². The highest BCUT2D eigenvalue weighted by molar-refractivity contribution is 5.83. The number of hydrogen-bond acceptors (Lipinski definition) is 9. The number of aliphatic hydroxyl groups is 3. The number of anilines is 3. The third kappa shape index (κ3) is 5.53. The topological polar surface area (TPSA) is 136 Å². The van der Waals surface area contributed by atoms with Gasteiger partial charge in [-0.2, -0.15) is 4.98 Å². The lowest BCUT2D eigenvalue weighted by atomic mass is 10.1. The van der Waals surface area contributed by atoms with Crippen LogP contribution < -0.4 is 10.6 Å². The fourth-order valence-corrected chi connectivity index (χ4v) is 4.79. The minimum atomic E-state index is -1.04. The molecule has 0 bridgehead atoms. The first kappa shape index (κ1) is 25.0. The van der Waals surface area contributed by atoms with Gasteiger partial charge >= 0.3 is 0 Å². The van der Waals surface area contributed by atoms with E-state index in [0.29, 0.717) is 35.4 Å². The van der Waals surface area contributed by atoms with Gasteiger partial charge in [0.1, 0.15) is 11.9 Å². The Morgan fingerprint density at radius 2 is 1.84 bits per heavy atom. The smallest absolute Gasteiger partial charge is 0.229 e. The van der Waals surface area contributed by atoms with Gasteiger partial charge in [-0.1, -0.05) is 38.1 Å². The summed E-state index contributed by atoms with van der Waals surface area (Å²) in [5, 5.41) is 38.1. The number of fused-ring (bicyclic) bond motifs is 1. The summed E-state index contributed by atoms with van der Waals surface area (Å²) in [6, 6.07) is 15.1. The van der Waals surface area contributed by atoms with E-state index in [9.17, 15) is 15.3 Å². The zero-order valence-electron chi connectivity index (χ0n) is 20.9. The van der Waals surface area contributed by atoms with Crippen LogP contribution in [0, 0.1) is 11.8 Å². The summed E-state index contributed by atoms with van der Waals surface area (Å²) in [6.07, 6.45) is 2.67. The van der Waals surface area contributed by atoms with Crippen LogP contribution in [0.25, 0.3) is 22.2 Å². The second-order valence-electron chi connectivity index (χ2n) is 10.0. The zero-order chi connectivity index (χ0) is 25.9. The minimum Gasteiger partial charge on any atom is -0.396 e. The maximum atomic E-state index is 10.6. The largest absolute Gasteiger partial charge is 0.396 e. The Balaban J connectivity index is 1.49. The van der Waals surface area contributed by atoms with E-state index in [2.05, 4.69) is 34.4 Å². The number of nitrogens with zero attached hydrogens (tertiary/aromatic N) is 4. The number of aliphatic hydroxyl groups excluding tert-OH is 3. The maximum Gasteiger partial charge on any atom is 0.229 e. The third-order valence-corrected chi connectivity index (χ3v) is 6.71. The minimum absolute atomic E-state index is 0.202. The van der Waals surface area contributed by atoms with Crippen LogP contribution in [0.15, 0.2) is 60.9 Å². The molecule has 0 spiro atoms. The highest BCUT2D eigenvalue weighted by Crippen LogP contribution is 2.33. The average Bonchev–Trinajstić information content (AvgIpc) is 3.16. The average molecular weight is 501 g/mol. The lowest BCUT2D eigenvalue weighted by Gasteiger charge is -2.21. The number of aromatic nitrogens is 4. The Labute approximate surface area is 215 Å². The summed E-state index contributed by atoms with van der Waals surface area (Å²) in [4.78, 5) is 18.5. The molecule has 1 aromatic carbocycles. The number of hydrogen-bond donors (Lipinski definition) is 5. The number of nitrogens with one attached hydrogen (secondary N) is 2. The molecule has 3 aromatic heterocycles. The molecule has 5 rings (SSSR count). The molecule has 192 valence electrons. The van der Waals surface area contributed by atoms with Gasteiger partial charge in [0.25, 0.3) is 0 Å². The molecule has 9 heteroatoms. The van der Waals surface area contributed by atoms with Crippen LogP contribution in [0.3, 0.4) is 0 Å². The predicted octanol–water partition coefficient (Wildman–Crippen LogP) is 3.54. The summed E-state index contributed by atoms with van der Waals surface area (Å²) in [6.45, 7) is 4.10. The summed E-state index contributed by atoms with van der Waals surface area (Å²) in [7, 11) is 0. The second kappa shape index (κ2) is 10.8. The summed E-state index contributed by atoms with van der Waals surface area (Å²) in [5.41, 5.74) is 4.00. The van der Waals surface area contributed by atoms with Crippen molar-refractivity contribution in [2.24, 2.45) is 11.8 Å². The van der Waals surface area contributed by atoms with Crippen LogP contribution in [-0.2, 0) is 6.42 Å². The molecular weight excluding hydrogens is 468 g/mol. The molecule has 0 aliphatic heterocycles. The number of para-hydroxylation sites is 1. The Morgan fingerprint density at radius 3 is 2.62 bits per heavy atom. The number of benzene rings is 1. The Morgan fingerprint density at radius 1 is 1.00 bits per heavy atom. The van der Waals surface area contributed by atoms with Crippen molar-refractivity contribution in [3.63, 3.8) is 0 Å². The molecule has 3 heterocycles. The zero-order valence-corrected chi connectivity index (χ0v) is 20.9. The van der Waals surface area contributed by atoms with Gasteiger partial charge in [-0.15, -0.1) is 0 Å². The van der Waals surface area contributed by atoms with E-state index >= 15 is 0 Å². The molecule has 0 radical (unpaired) electrons. The van der Waals surface area contributed by atoms with Crippen molar-refractivity contribution in [2.45, 2.75) is 44.9 Å². The highest BCUT2D eigenvalue weighted by Gasteiger charge is 2.41. The summed E-state index contributed by atoms with van der Waals surface area (Å²) >= 11 is 0. The van der Waals surface area contributed by atoms with Gasteiger partial charge in [-0.05, 0) is 43.0 Å². The van der Waals surface area contributed by atoms with Gasteiger partial charge in [-0.25, -0.2) is 9.97 Å². The van der Waals surface area contributed by atoms with Crippen molar-refractivity contribution in [1.82, 2.24) is 19.9 Å². The molecule has 4 unspecified atom stereocenters. The first-order valence-electron chi connectivity index (χ1n) is 12.6. The van der Waals surface area contributed by atoms with E-state index in [1.165, 1.54) is 0 Å². The summed E-state index contributed by atoms with van der Waals surface area (Å²) < 4.78 is 0. The molecule has 0 amide bonds. The van der Waals surface area contributed by atoms with Crippen LogP contribution in [-0.4, -0.2) is 60.1 Å². The van der Waals surface area contributed by atoms with Crippen LogP contribution in [0.4, 0.5) is 17.5 Å². The predicted molar refractivity (Wildman–Crippen MR) is 143 cm³/mol. The van der Waals surface area contributed by atoms with Crippen LogP contribution in [0.1, 0.15) is 26.0 Å². The molecule has 1 aliphatic carbocycles. The normalized spacial score (nSPS) is 21.5. The molecule has 1 aliphatic rings.